The van der Waals surface area contributed by atoms with Crippen molar-refractivity contribution in [1.29, 1.82) is 0 Å². The number of hydrogen-bond donors (Lipinski definition) is 0. The van der Waals surface area contributed by atoms with Gasteiger partial charge in [0.05, 0.1) is 0 Å². The Labute approximate surface area is 85.2 Å². The molecule has 0 radical (unpaired) electrons. The fraction of sp³-hybridized carbons (Fsp3) is 0.462. The lowest BCUT2D eigenvalue weighted by Gasteiger charge is -2.18. The third-order valence-corrected chi connectivity index (χ3v) is 2.92. The zero-order chi connectivity index (χ0) is 9.97. The largest absolute Gasteiger partial charge is 0.295 e. The van der Waals surface area contributed by atoms with E-state index < -0.39 is 0 Å². The molecule has 1 heteroatoms. The highest BCUT2D eigenvalue weighted by atomic mass is 16.1. The summed E-state index contributed by atoms with van der Waals surface area (Å²) in [6, 6.07) is 0. The van der Waals surface area contributed by atoms with Gasteiger partial charge in [0.1, 0.15) is 0 Å². The van der Waals surface area contributed by atoms with E-state index in [0.29, 0.717) is 5.78 Å². The average molecular weight is 188 g/mol. The SMILES string of the molecule is CC1=C/C2=C(CC/C=C\1)C(=O)CCC2. The number of ketones is 1. The van der Waals surface area contributed by atoms with Gasteiger partial charge in [-0.25, -0.2) is 0 Å². The zero-order valence-electron chi connectivity index (χ0n) is 8.68. The molecule has 0 N–H and O–H groups in total. The number of Topliss-reactive ketones (excluding diaryl/α,β-unsaturated/α-hetero) is 1. The molecule has 74 valence electrons. The highest BCUT2D eigenvalue weighted by molar-refractivity contribution is 5.97. The van der Waals surface area contributed by atoms with Crippen molar-refractivity contribution >= 4 is 5.78 Å². The first-order valence-electron chi connectivity index (χ1n) is 5.37. The molecule has 0 aromatic rings. The van der Waals surface area contributed by atoms with Crippen LogP contribution < -0.4 is 0 Å². The minimum atomic E-state index is 0.380. The molecule has 2 rings (SSSR count). The highest BCUT2D eigenvalue weighted by Crippen LogP contribution is 2.28. The number of allylic oxidation sites excluding steroid dienone is 6. The van der Waals surface area contributed by atoms with Gasteiger partial charge in [-0.05, 0) is 43.8 Å². The lowest BCUT2D eigenvalue weighted by atomic mass is 9.86. The Morgan fingerprint density at radius 1 is 1.21 bits per heavy atom. The van der Waals surface area contributed by atoms with Crippen LogP contribution in [0.5, 0.6) is 0 Å². The van der Waals surface area contributed by atoms with Crippen molar-refractivity contribution in [2.45, 2.75) is 39.0 Å². The molecule has 0 atom stereocenters. The summed E-state index contributed by atoms with van der Waals surface area (Å²) in [4.78, 5) is 11.7. The van der Waals surface area contributed by atoms with Crippen molar-refractivity contribution in [3.8, 4) is 0 Å². The molecule has 14 heavy (non-hydrogen) atoms. The highest BCUT2D eigenvalue weighted by Gasteiger charge is 2.18. The minimum Gasteiger partial charge on any atom is -0.295 e. The van der Waals surface area contributed by atoms with Crippen molar-refractivity contribution in [3.63, 3.8) is 0 Å². The maximum absolute atomic E-state index is 11.7. The van der Waals surface area contributed by atoms with E-state index in [4.69, 9.17) is 0 Å². The Morgan fingerprint density at radius 3 is 2.93 bits per heavy atom. The second-order valence-corrected chi connectivity index (χ2v) is 4.11. The summed E-state index contributed by atoms with van der Waals surface area (Å²) in [6.45, 7) is 2.10. The zero-order valence-corrected chi connectivity index (χ0v) is 8.68. The van der Waals surface area contributed by atoms with Crippen molar-refractivity contribution in [1.82, 2.24) is 0 Å². The molecular weight excluding hydrogens is 172 g/mol. The molecule has 2 aliphatic rings. The van der Waals surface area contributed by atoms with Gasteiger partial charge in [-0.15, -0.1) is 0 Å². The lowest BCUT2D eigenvalue weighted by Crippen LogP contribution is -2.11. The van der Waals surface area contributed by atoms with Gasteiger partial charge in [-0.3, -0.25) is 4.79 Å². The van der Waals surface area contributed by atoms with Crippen molar-refractivity contribution in [2.24, 2.45) is 0 Å². The smallest absolute Gasteiger partial charge is 0.159 e. The van der Waals surface area contributed by atoms with Gasteiger partial charge >= 0.3 is 0 Å². The second-order valence-electron chi connectivity index (χ2n) is 4.11. The fourth-order valence-electron chi connectivity index (χ4n) is 2.20. The fourth-order valence-corrected chi connectivity index (χ4v) is 2.20. The van der Waals surface area contributed by atoms with E-state index in [2.05, 4.69) is 25.2 Å². The quantitative estimate of drug-likeness (QED) is 0.570. The van der Waals surface area contributed by atoms with Crippen LogP contribution in [0.1, 0.15) is 39.0 Å². The molecule has 0 saturated heterocycles. The summed E-state index contributed by atoms with van der Waals surface area (Å²) in [5, 5.41) is 0. The topological polar surface area (TPSA) is 17.1 Å². The van der Waals surface area contributed by atoms with E-state index in [0.717, 1.165) is 37.7 Å². The van der Waals surface area contributed by atoms with Crippen LogP contribution >= 0.6 is 0 Å². The molecule has 0 fully saturated rings. The number of carbonyl (C=O) groups excluding carboxylic acids is 1. The van der Waals surface area contributed by atoms with Crippen LogP contribution in [0.25, 0.3) is 0 Å². The van der Waals surface area contributed by atoms with Crippen LogP contribution in [0, 0.1) is 0 Å². The van der Waals surface area contributed by atoms with E-state index >= 15 is 0 Å². The number of rotatable bonds is 0. The van der Waals surface area contributed by atoms with Crippen LogP contribution in [0.4, 0.5) is 0 Å². The van der Waals surface area contributed by atoms with Crippen LogP contribution in [0.15, 0.2) is 34.9 Å². The molecule has 0 spiro atoms. The first kappa shape index (κ1) is 9.45. The Balaban J connectivity index is 2.39. The molecule has 2 aliphatic carbocycles. The monoisotopic (exact) mass is 188 g/mol. The molecule has 1 nitrogen and oxygen atoms in total. The molecule has 0 unspecified atom stereocenters. The van der Waals surface area contributed by atoms with E-state index in [9.17, 15) is 4.79 Å². The Kier molecular flexibility index (Phi) is 2.67. The van der Waals surface area contributed by atoms with E-state index in [1.54, 1.807) is 0 Å². The molecule has 0 heterocycles. The normalized spacial score (nSPS) is 28.6. The van der Waals surface area contributed by atoms with Crippen molar-refractivity contribution in [3.05, 3.63) is 34.9 Å². The predicted octanol–water partition coefficient (Wildman–Crippen LogP) is 3.33. The third-order valence-electron chi connectivity index (χ3n) is 2.92. The summed E-state index contributed by atoms with van der Waals surface area (Å²) >= 11 is 0. The average Bonchev–Trinajstić information content (AvgIpc) is 2.12. The van der Waals surface area contributed by atoms with Gasteiger partial charge in [0, 0.05) is 6.42 Å². The summed E-state index contributed by atoms with van der Waals surface area (Å²) in [7, 11) is 0. The third kappa shape index (κ3) is 1.87. The second kappa shape index (κ2) is 3.95. The summed E-state index contributed by atoms with van der Waals surface area (Å²) in [5.41, 5.74) is 3.66. The van der Waals surface area contributed by atoms with Crippen LogP contribution in [0.2, 0.25) is 0 Å². The van der Waals surface area contributed by atoms with Gasteiger partial charge in [0.25, 0.3) is 0 Å². The lowest BCUT2D eigenvalue weighted by molar-refractivity contribution is -0.116. The van der Waals surface area contributed by atoms with Crippen LogP contribution in [-0.4, -0.2) is 5.78 Å². The standard InChI is InChI=1S/C13H16O/c1-10-5-2-3-7-12-11(9-10)6-4-8-13(12)14/h2,5,9H,3-4,6-8H2,1H3/b5-2-,10-9-. The molecular formula is C13H16O. The first-order valence-corrected chi connectivity index (χ1v) is 5.37. The van der Waals surface area contributed by atoms with Gasteiger partial charge in [-0.1, -0.05) is 23.8 Å². The van der Waals surface area contributed by atoms with E-state index in [-0.39, 0.29) is 0 Å². The molecule has 0 aliphatic heterocycles. The minimum absolute atomic E-state index is 0.380. The number of hydrogen-bond acceptors (Lipinski definition) is 1. The van der Waals surface area contributed by atoms with Gasteiger partial charge in [0.2, 0.25) is 0 Å². The van der Waals surface area contributed by atoms with Gasteiger partial charge in [0.15, 0.2) is 5.78 Å². The Bertz CT molecular complexity index is 342. The molecule has 0 amide bonds. The number of carbonyl (C=O) groups is 1. The van der Waals surface area contributed by atoms with Crippen LogP contribution in [0.3, 0.4) is 0 Å². The Hall–Kier alpha value is -1.11. The Morgan fingerprint density at radius 2 is 2.07 bits per heavy atom. The summed E-state index contributed by atoms with van der Waals surface area (Å²) in [5.74, 6) is 0.380. The molecule has 0 bridgehead atoms. The van der Waals surface area contributed by atoms with Gasteiger partial charge in [-0.2, -0.15) is 0 Å². The summed E-state index contributed by atoms with van der Waals surface area (Å²) < 4.78 is 0. The molecule has 0 aromatic carbocycles. The van der Waals surface area contributed by atoms with Crippen LogP contribution in [-0.2, 0) is 4.79 Å². The van der Waals surface area contributed by atoms with Gasteiger partial charge < -0.3 is 0 Å². The first-order chi connectivity index (χ1) is 6.77. The van der Waals surface area contributed by atoms with E-state index in [1.165, 1.54) is 11.1 Å². The summed E-state index contributed by atoms with van der Waals surface area (Å²) in [6.07, 6.45) is 11.3. The van der Waals surface area contributed by atoms with Crippen molar-refractivity contribution in [2.75, 3.05) is 0 Å². The van der Waals surface area contributed by atoms with E-state index in [1.807, 2.05) is 0 Å². The predicted molar refractivity (Wildman–Crippen MR) is 58.0 cm³/mol. The molecule has 0 aromatic heterocycles. The maximum Gasteiger partial charge on any atom is 0.159 e. The van der Waals surface area contributed by atoms with Crippen molar-refractivity contribution < 1.29 is 4.79 Å². The maximum atomic E-state index is 11.7. The molecule has 0 saturated carbocycles.